The van der Waals surface area contributed by atoms with Crippen LogP contribution in [-0.4, -0.2) is 19.9 Å². The van der Waals surface area contributed by atoms with E-state index in [1.54, 1.807) is 24.3 Å². The second kappa shape index (κ2) is 7.45. The lowest BCUT2D eigenvalue weighted by Crippen LogP contribution is -2.46. The van der Waals surface area contributed by atoms with Crippen molar-refractivity contribution in [3.63, 3.8) is 0 Å². The Kier molecular flexibility index (Phi) is 4.54. The zero-order valence-corrected chi connectivity index (χ0v) is 23.4. The van der Waals surface area contributed by atoms with E-state index in [1.165, 1.54) is 22.3 Å². The second-order valence-corrected chi connectivity index (χ2v) is 12.5. The van der Waals surface area contributed by atoms with Gasteiger partial charge >= 0.3 is 0 Å². The van der Waals surface area contributed by atoms with Gasteiger partial charge in [-0.2, -0.15) is 0 Å². The summed E-state index contributed by atoms with van der Waals surface area (Å²) in [4.78, 5) is 19.7. The van der Waals surface area contributed by atoms with Crippen LogP contribution in [0, 0.1) is 0 Å². The topological polar surface area (TPSA) is 51.6 Å². The zero-order chi connectivity index (χ0) is 26.1. The van der Waals surface area contributed by atoms with Gasteiger partial charge in [-0.15, -0.1) is 0 Å². The summed E-state index contributed by atoms with van der Waals surface area (Å²) >= 11 is 25.1. The third-order valence-electron chi connectivity index (χ3n) is 8.73. The van der Waals surface area contributed by atoms with E-state index in [0.717, 1.165) is 57.0 Å². The molecule has 0 unspecified atom stereocenters. The van der Waals surface area contributed by atoms with E-state index < -0.39 is 0 Å². The van der Waals surface area contributed by atoms with Crippen LogP contribution in [0.1, 0.15) is 48.9 Å². The number of hydrogen-bond acceptors (Lipinski definition) is 4. The Morgan fingerprint density at radius 3 is 0.868 bits per heavy atom. The van der Waals surface area contributed by atoms with Crippen LogP contribution in [0.15, 0.2) is 48.5 Å². The lowest BCUT2D eigenvalue weighted by molar-refractivity contribution is 0.328. The molecule has 9 rings (SSSR count). The highest BCUT2D eigenvalue weighted by atomic mass is 35.5. The maximum absolute atomic E-state index is 6.28. The number of fused-ring (bicyclic) bond motifs is 5. The fraction of sp³-hybridized carbons (Fsp3) is 0.200. The maximum atomic E-state index is 6.28. The average molecular weight is 576 g/mol. The summed E-state index contributed by atoms with van der Waals surface area (Å²) in [5, 5.41) is 1.90. The van der Waals surface area contributed by atoms with Crippen LogP contribution in [0.4, 0.5) is 0 Å². The molecule has 3 aliphatic rings. The molecule has 2 heterocycles. The van der Waals surface area contributed by atoms with Crippen molar-refractivity contribution in [2.75, 3.05) is 0 Å². The van der Waals surface area contributed by atoms with Crippen LogP contribution in [0.5, 0.6) is 0 Å². The molecule has 0 fully saturated rings. The monoisotopic (exact) mass is 574 g/mol. The molecule has 4 nitrogen and oxygen atoms in total. The summed E-state index contributed by atoms with van der Waals surface area (Å²) in [5.41, 5.74) is 11.1. The van der Waals surface area contributed by atoms with Gasteiger partial charge in [0, 0.05) is 10.8 Å². The minimum absolute atomic E-state index is 0.187. The molecule has 8 heteroatoms. The van der Waals surface area contributed by atoms with Gasteiger partial charge < -0.3 is 0 Å². The van der Waals surface area contributed by atoms with Gasteiger partial charge in [-0.3, -0.25) is 0 Å². The molecule has 0 amide bonds. The van der Waals surface area contributed by atoms with Crippen LogP contribution >= 0.6 is 46.4 Å². The second-order valence-electron chi connectivity index (χ2n) is 10.9. The number of benzene rings is 4. The highest BCUT2D eigenvalue weighted by molar-refractivity contribution is 6.43. The Morgan fingerprint density at radius 2 is 0.632 bits per heavy atom. The predicted molar refractivity (Wildman–Crippen MR) is 156 cm³/mol. The van der Waals surface area contributed by atoms with Crippen molar-refractivity contribution in [2.45, 2.75) is 37.5 Å². The molecule has 38 heavy (non-hydrogen) atoms. The Morgan fingerprint density at radius 1 is 0.421 bits per heavy atom. The molecule has 0 radical (unpaired) electrons. The number of nitrogens with zero attached hydrogens (tertiary/aromatic N) is 4. The average Bonchev–Trinajstić information content (AvgIpc) is 2.88. The first-order valence-corrected chi connectivity index (χ1v) is 13.9. The van der Waals surface area contributed by atoms with Crippen LogP contribution in [0.25, 0.3) is 44.1 Å². The lowest BCUT2D eigenvalue weighted by Gasteiger charge is -2.53. The number of rotatable bonds is 0. The van der Waals surface area contributed by atoms with Crippen LogP contribution in [0.2, 0.25) is 20.1 Å². The number of aromatic nitrogens is 4. The summed E-state index contributed by atoms with van der Waals surface area (Å²) < 4.78 is 0. The van der Waals surface area contributed by atoms with Gasteiger partial charge in [0.2, 0.25) is 0 Å². The lowest BCUT2D eigenvalue weighted by atomic mass is 9.50. The van der Waals surface area contributed by atoms with Gasteiger partial charge in [0.25, 0.3) is 0 Å². The summed E-state index contributed by atoms with van der Waals surface area (Å²) in [5.74, 6) is 0. The van der Waals surface area contributed by atoms with E-state index in [-0.39, 0.29) is 10.8 Å². The highest BCUT2D eigenvalue weighted by Crippen LogP contribution is 2.60. The molecule has 2 bridgehead atoms. The molecule has 0 saturated heterocycles. The summed E-state index contributed by atoms with van der Waals surface area (Å²) in [6.45, 7) is 4.66. The van der Waals surface area contributed by atoms with Crippen molar-refractivity contribution in [2.24, 2.45) is 0 Å². The normalized spacial score (nSPS) is 21.9. The molecule has 3 aliphatic carbocycles. The molecule has 2 aromatic heterocycles. The number of hydrogen-bond donors (Lipinski definition) is 0. The first kappa shape index (κ1) is 23.2. The third-order valence-corrected chi connectivity index (χ3v) is 10.2. The van der Waals surface area contributed by atoms with Gasteiger partial charge in [0.1, 0.15) is 0 Å². The van der Waals surface area contributed by atoms with Gasteiger partial charge in [-0.05, 0) is 83.6 Å². The van der Waals surface area contributed by atoms with Gasteiger partial charge in [0.05, 0.1) is 64.2 Å². The molecule has 6 aromatic rings. The maximum Gasteiger partial charge on any atom is 0.0910 e. The van der Waals surface area contributed by atoms with Crippen molar-refractivity contribution >= 4 is 90.5 Å². The van der Waals surface area contributed by atoms with E-state index in [2.05, 4.69) is 38.1 Å². The van der Waals surface area contributed by atoms with Crippen molar-refractivity contribution in [1.29, 1.82) is 0 Å². The van der Waals surface area contributed by atoms with E-state index in [9.17, 15) is 0 Å². The predicted octanol–water partition coefficient (Wildman–Crippen LogP) is 9.21. The molecule has 0 spiro atoms. The van der Waals surface area contributed by atoms with Crippen molar-refractivity contribution < 1.29 is 0 Å². The summed E-state index contributed by atoms with van der Waals surface area (Å²) in [6.07, 6.45) is 2.07. The fourth-order valence-electron chi connectivity index (χ4n) is 6.60. The SMILES string of the molecule is CC12CCC(C)(c3cc4nc5cc(Cl)c(Cl)cc5nc4cc31)c1cc3nc4cc(Cl)c(Cl)cc4nc3cc12. The Bertz CT molecular complexity index is 1790. The van der Waals surface area contributed by atoms with E-state index in [1.807, 2.05) is 0 Å². The Balaban J connectivity index is 1.41. The quantitative estimate of drug-likeness (QED) is 0.169. The molecule has 0 atom stereocenters. The van der Waals surface area contributed by atoms with Gasteiger partial charge in [-0.1, -0.05) is 60.3 Å². The van der Waals surface area contributed by atoms with Crippen molar-refractivity contribution in [1.82, 2.24) is 19.9 Å². The van der Waals surface area contributed by atoms with Crippen molar-refractivity contribution in [3.8, 4) is 0 Å². The smallest absolute Gasteiger partial charge is 0.0910 e. The van der Waals surface area contributed by atoms with Gasteiger partial charge in [-0.25, -0.2) is 19.9 Å². The molecule has 4 aromatic carbocycles. The first-order valence-electron chi connectivity index (χ1n) is 12.4. The zero-order valence-electron chi connectivity index (χ0n) is 20.3. The molecule has 0 aliphatic heterocycles. The summed E-state index contributed by atoms with van der Waals surface area (Å²) in [7, 11) is 0. The minimum Gasteiger partial charge on any atom is -0.244 e. The molecule has 186 valence electrons. The fourth-order valence-corrected chi connectivity index (χ4v) is 7.23. The van der Waals surface area contributed by atoms with Crippen LogP contribution < -0.4 is 0 Å². The van der Waals surface area contributed by atoms with Crippen LogP contribution in [0.3, 0.4) is 0 Å². The standard InChI is InChI=1S/C30H18Cl4N4/c1-29-3-4-30(2,15-7-23-21(5-13(15)29)35-25-9-17(31)19(33)11-27(25)37-23)16-8-24-22(6-14(16)29)36-26-10-18(32)20(34)12-28(26)38-24/h5-12H,3-4H2,1-2H3. The van der Waals surface area contributed by atoms with E-state index >= 15 is 0 Å². The molecule has 0 saturated carbocycles. The van der Waals surface area contributed by atoms with Gasteiger partial charge in [0.15, 0.2) is 0 Å². The Labute approximate surface area is 237 Å². The Hall–Kier alpha value is -2.76. The number of halogens is 4. The largest absolute Gasteiger partial charge is 0.244 e. The molecular weight excluding hydrogens is 558 g/mol. The molecule has 0 N–H and O–H groups in total. The van der Waals surface area contributed by atoms with Crippen LogP contribution in [-0.2, 0) is 10.8 Å². The molecular formula is C30H18Cl4N4. The third kappa shape index (κ3) is 2.95. The summed E-state index contributed by atoms with van der Waals surface area (Å²) in [6, 6.07) is 16.0. The van der Waals surface area contributed by atoms with E-state index in [4.69, 9.17) is 66.3 Å². The minimum atomic E-state index is -0.187. The van der Waals surface area contributed by atoms with Crippen molar-refractivity contribution in [3.05, 3.63) is 90.9 Å². The first-order chi connectivity index (χ1) is 18.1. The van der Waals surface area contributed by atoms with E-state index in [0.29, 0.717) is 20.1 Å². The highest BCUT2D eigenvalue weighted by Gasteiger charge is 2.51.